The number of hydrogen-bond donors (Lipinski definition) is 1. The average molecular weight is 427 g/mol. The molecule has 9 heteroatoms. The Morgan fingerprint density at radius 2 is 1.93 bits per heavy atom. The molecule has 0 atom stereocenters. The first-order valence-electron chi connectivity index (χ1n) is 9.31. The fourth-order valence-corrected chi connectivity index (χ4v) is 6.69. The molecule has 2 aromatic rings. The molecule has 1 saturated heterocycles. The van der Waals surface area contributed by atoms with Gasteiger partial charge in [0.25, 0.3) is 0 Å². The Balaban J connectivity index is 1.45. The third kappa shape index (κ3) is 4.13. The average Bonchev–Trinajstić information content (AvgIpc) is 3.09. The van der Waals surface area contributed by atoms with E-state index in [0.29, 0.717) is 4.34 Å². The molecule has 3 heterocycles. The molecule has 4 rings (SSSR count). The lowest BCUT2D eigenvalue weighted by atomic mass is 9.95. The maximum Gasteiger partial charge on any atom is 0.250 e. The summed E-state index contributed by atoms with van der Waals surface area (Å²) in [7, 11) is -3.50. The fourth-order valence-electron chi connectivity index (χ4n) is 3.89. The van der Waals surface area contributed by atoms with E-state index in [1.165, 1.54) is 24.1 Å². The number of sulfonamides is 1. The summed E-state index contributed by atoms with van der Waals surface area (Å²) in [5, 5.41) is 0. The Labute approximate surface area is 169 Å². The van der Waals surface area contributed by atoms with Crippen molar-refractivity contribution in [2.24, 2.45) is 0 Å². The lowest BCUT2D eigenvalue weighted by Crippen LogP contribution is -2.45. The fraction of sp³-hybridized carbons (Fsp3) is 0.556. The van der Waals surface area contributed by atoms with E-state index in [1.54, 1.807) is 12.1 Å². The van der Waals surface area contributed by atoms with Crippen molar-refractivity contribution >= 4 is 38.8 Å². The monoisotopic (exact) mass is 426 g/mol. The molecule has 0 unspecified atom stereocenters. The van der Waals surface area contributed by atoms with Gasteiger partial charge in [0.1, 0.15) is 15.9 Å². The molecular formula is C18H23ClN4O2S2. The van der Waals surface area contributed by atoms with Gasteiger partial charge < -0.3 is 4.90 Å². The number of rotatable bonds is 4. The first-order chi connectivity index (χ1) is 12.9. The summed E-state index contributed by atoms with van der Waals surface area (Å²) < 4.78 is 28.6. The Bertz CT molecular complexity index is 937. The number of anilines is 1. The lowest BCUT2D eigenvalue weighted by molar-refractivity contribution is 0.457. The number of aromatic nitrogens is 2. The van der Waals surface area contributed by atoms with Gasteiger partial charge >= 0.3 is 0 Å². The number of halogens is 1. The van der Waals surface area contributed by atoms with E-state index >= 15 is 0 Å². The van der Waals surface area contributed by atoms with Crippen LogP contribution in [-0.4, -0.2) is 37.5 Å². The van der Waals surface area contributed by atoms with E-state index in [-0.39, 0.29) is 10.3 Å². The highest BCUT2D eigenvalue weighted by Gasteiger charge is 2.28. The second-order valence-corrected chi connectivity index (χ2v) is 10.8. The number of aryl methyl sites for hydroxylation is 2. The maximum absolute atomic E-state index is 12.5. The molecule has 1 aliphatic carbocycles. The van der Waals surface area contributed by atoms with Crippen LogP contribution in [-0.2, 0) is 22.9 Å². The molecule has 146 valence electrons. The van der Waals surface area contributed by atoms with Crippen molar-refractivity contribution in [2.75, 3.05) is 18.0 Å². The van der Waals surface area contributed by atoms with Crippen LogP contribution in [0.15, 0.2) is 16.3 Å². The van der Waals surface area contributed by atoms with Crippen LogP contribution >= 0.6 is 22.9 Å². The standard InChI is InChI=1S/C18H23ClN4O2S2/c1-12-20-15-5-3-2-4-14(15)18(21-12)23-10-8-13(9-11-23)22-27(24,25)17-7-6-16(19)26-17/h6-7,13,22H,2-5,8-11H2,1H3. The van der Waals surface area contributed by atoms with Crippen LogP contribution in [0, 0.1) is 6.92 Å². The minimum absolute atomic E-state index is 0.0640. The van der Waals surface area contributed by atoms with E-state index in [1.807, 2.05) is 6.92 Å². The summed E-state index contributed by atoms with van der Waals surface area (Å²) in [4.78, 5) is 11.6. The van der Waals surface area contributed by atoms with Crippen molar-refractivity contribution in [1.29, 1.82) is 0 Å². The number of nitrogens with one attached hydrogen (secondary N) is 1. The molecule has 0 spiro atoms. The Morgan fingerprint density at radius 1 is 1.19 bits per heavy atom. The van der Waals surface area contributed by atoms with Gasteiger partial charge in [-0.25, -0.2) is 23.1 Å². The van der Waals surface area contributed by atoms with E-state index in [0.717, 1.165) is 61.8 Å². The zero-order valence-corrected chi connectivity index (χ0v) is 17.6. The normalized spacial score (nSPS) is 18.5. The van der Waals surface area contributed by atoms with Gasteiger partial charge in [-0.05, 0) is 57.6 Å². The van der Waals surface area contributed by atoms with Crippen LogP contribution < -0.4 is 9.62 Å². The van der Waals surface area contributed by atoms with E-state index < -0.39 is 10.0 Å². The van der Waals surface area contributed by atoms with Crippen molar-refractivity contribution in [3.8, 4) is 0 Å². The van der Waals surface area contributed by atoms with Crippen LogP contribution in [0.2, 0.25) is 4.34 Å². The van der Waals surface area contributed by atoms with Crippen LogP contribution in [0.3, 0.4) is 0 Å². The van der Waals surface area contributed by atoms with Crippen LogP contribution in [0.4, 0.5) is 5.82 Å². The van der Waals surface area contributed by atoms with E-state index in [4.69, 9.17) is 16.6 Å². The third-order valence-corrected chi connectivity index (χ3v) is 8.45. The first-order valence-corrected chi connectivity index (χ1v) is 12.0. The predicted molar refractivity (Wildman–Crippen MR) is 108 cm³/mol. The number of hydrogen-bond acceptors (Lipinski definition) is 6. The largest absolute Gasteiger partial charge is 0.356 e. The van der Waals surface area contributed by atoms with Crippen molar-refractivity contribution in [3.63, 3.8) is 0 Å². The summed E-state index contributed by atoms with van der Waals surface area (Å²) in [6.45, 7) is 3.54. The Kier molecular flexibility index (Phi) is 5.42. The highest BCUT2D eigenvalue weighted by Crippen LogP contribution is 2.30. The van der Waals surface area contributed by atoms with Crippen molar-refractivity contribution in [2.45, 2.75) is 55.7 Å². The molecule has 2 aromatic heterocycles. The molecule has 27 heavy (non-hydrogen) atoms. The van der Waals surface area contributed by atoms with Gasteiger partial charge in [0.15, 0.2) is 0 Å². The SMILES string of the molecule is Cc1nc2c(c(N3CCC(NS(=O)(=O)c4ccc(Cl)s4)CC3)n1)CCCC2. The highest BCUT2D eigenvalue weighted by atomic mass is 35.5. The van der Waals surface area contributed by atoms with Gasteiger partial charge in [-0.2, -0.15) is 0 Å². The van der Waals surface area contributed by atoms with E-state index in [2.05, 4.69) is 14.6 Å². The predicted octanol–water partition coefficient (Wildman–Crippen LogP) is 3.33. The molecule has 0 amide bonds. The Morgan fingerprint density at radius 3 is 2.63 bits per heavy atom. The van der Waals surface area contributed by atoms with Gasteiger partial charge in [-0.15, -0.1) is 11.3 Å². The molecule has 0 aromatic carbocycles. The summed E-state index contributed by atoms with van der Waals surface area (Å²) in [5.74, 6) is 1.88. The molecule has 0 bridgehead atoms. The number of nitrogens with zero attached hydrogens (tertiary/aromatic N) is 3. The first kappa shape index (κ1) is 19.1. The minimum Gasteiger partial charge on any atom is -0.356 e. The van der Waals surface area contributed by atoms with Gasteiger partial charge in [0.2, 0.25) is 10.0 Å². The van der Waals surface area contributed by atoms with Gasteiger partial charge in [0, 0.05) is 30.4 Å². The maximum atomic E-state index is 12.5. The van der Waals surface area contributed by atoms with Crippen LogP contribution in [0.25, 0.3) is 0 Å². The zero-order chi connectivity index (χ0) is 19.0. The molecular weight excluding hydrogens is 404 g/mol. The van der Waals surface area contributed by atoms with Gasteiger partial charge in [-0.1, -0.05) is 11.6 Å². The Hall–Kier alpha value is -1.22. The van der Waals surface area contributed by atoms with Gasteiger partial charge in [-0.3, -0.25) is 0 Å². The molecule has 1 aliphatic heterocycles. The molecule has 2 aliphatic rings. The van der Waals surface area contributed by atoms with Gasteiger partial charge in [0.05, 0.1) is 4.34 Å². The van der Waals surface area contributed by atoms with Crippen molar-refractivity contribution in [1.82, 2.24) is 14.7 Å². The number of piperidine rings is 1. The quantitative estimate of drug-likeness (QED) is 0.811. The van der Waals surface area contributed by atoms with Crippen LogP contribution in [0.1, 0.15) is 42.8 Å². The van der Waals surface area contributed by atoms with Crippen molar-refractivity contribution in [3.05, 3.63) is 33.6 Å². The summed E-state index contributed by atoms with van der Waals surface area (Å²) in [6, 6.07) is 3.11. The zero-order valence-electron chi connectivity index (χ0n) is 15.2. The lowest BCUT2D eigenvalue weighted by Gasteiger charge is -2.35. The number of fused-ring (bicyclic) bond motifs is 1. The smallest absolute Gasteiger partial charge is 0.250 e. The molecule has 1 fully saturated rings. The van der Waals surface area contributed by atoms with Crippen molar-refractivity contribution < 1.29 is 8.42 Å². The molecule has 6 nitrogen and oxygen atoms in total. The second kappa shape index (κ2) is 7.66. The minimum atomic E-state index is -3.50. The van der Waals surface area contributed by atoms with Crippen LogP contribution in [0.5, 0.6) is 0 Å². The molecule has 1 N–H and O–H groups in total. The summed E-state index contributed by atoms with van der Waals surface area (Å²) in [5.41, 5.74) is 2.49. The number of thiophene rings is 1. The van der Waals surface area contributed by atoms with E-state index in [9.17, 15) is 8.42 Å². The highest BCUT2D eigenvalue weighted by molar-refractivity contribution is 7.91. The second-order valence-electron chi connectivity index (χ2n) is 7.17. The third-order valence-electron chi connectivity index (χ3n) is 5.20. The topological polar surface area (TPSA) is 75.2 Å². The molecule has 0 saturated carbocycles. The summed E-state index contributed by atoms with van der Waals surface area (Å²) >= 11 is 6.96. The molecule has 0 radical (unpaired) electrons. The summed E-state index contributed by atoms with van der Waals surface area (Å²) in [6.07, 6.45) is 5.97.